The molecule has 142 valence electrons. The van der Waals surface area contributed by atoms with Gasteiger partial charge in [0.25, 0.3) is 5.91 Å². The number of hydrogen-bond acceptors (Lipinski definition) is 5. The van der Waals surface area contributed by atoms with Gasteiger partial charge in [0.05, 0.1) is 10.5 Å². The molecule has 1 amide bonds. The number of hydrogen-bond donors (Lipinski definition) is 1. The largest absolute Gasteiger partial charge is 0.484 e. The molecule has 0 radical (unpaired) electrons. The number of thiazole rings is 1. The topological polar surface area (TPSA) is 68.3 Å². The summed E-state index contributed by atoms with van der Waals surface area (Å²) in [6.07, 6.45) is 2.89. The van der Waals surface area contributed by atoms with Gasteiger partial charge in [0.2, 0.25) is 0 Å². The van der Waals surface area contributed by atoms with Crippen LogP contribution in [0.4, 0.5) is 4.39 Å². The van der Waals surface area contributed by atoms with E-state index >= 15 is 0 Å². The quantitative estimate of drug-likeness (QED) is 0.705. The molecular weight excluding hydrogens is 391 g/mol. The summed E-state index contributed by atoms with van der Waals surface area (Å²) in [5, 5.41) is 3.00. The van der Waals surface area contributed by atoms with Crippen molar-refractivity contribution in [2.45, 2.75) is 38.1 Å². The van der Waals surface area contributed by atoms with E-state index in [1.165, 1.54) is 23.5 Å². The van der Waals surface area contributed by atoms with E-state index in [0.29, 0.717) is 12.1 Å². The molecule has 0 atom stereocenters. The molecule has 3 aliphatic carbocycles. The summed E-state index contributed by atoms with van der Waals surface area (Å²) in [5.41, 5.74) is 2.05. The summed E-state index contributed by atoms with van der Waals surface area (Å²) in [6, 6.07) is 4.05. The lowest BCUT2D eigenvalue weighted by atomic mass is 9.38. The van der Waals surface area contributed by atoms with Gasteiger partial charge in [0.1, 0.15) is 17.3 Å². The number of Topliss-reactive ketones (excluding diaryl/α,β-unsaturated/α-hetero) is 1. The summed E-state index contributed by atoms with van der Waals surface area (Å²) in [4.78, 5) is 29.6. The van der Waals surface area contributed by atoms with Crippen LogP contribution in [0.25, 0.3) is 0 Å². The van der Waals surface area contributed by atoms with Crippen molar-refractivity contribution in [1.29, 1.82) is 0 Å². The van der Waals surface area contributed by atoms with Gasteiger partial charge in [0, 0.05) is 22.9 Å². The minimum Gasteiger partial charge on any atom is -0.484 e. The molecule has 5 rings (SSSR count). The van der Waals surface area contributed by atoms with E-state index in [-0.39, 0.29) is 40.0 Å². The lowest BCUT2D eigenvalue weighted by Gasteiger charge is -2.70. The predicted octanol–water partition coefficient (Wildman–Crippen LogP) is 3.93. The summed E-state index contributed by atoms with van der Waals surface area (Å²) in [7, 11) is 0. The first-order valence-electron chi connectivity index (χ1n) is 8.62. The summed E-state index contributed by atoms with van der Waals surface area (Å²) in [6.45, 7) is 1.72. The highest BCUT2D eigenvalue weighted by Crippen LogP contribution is 2.69. The van der Waals surface area contributed by atoms with Gasteiger partial charge in [-0.3, -0.25) is 9.59 Å². The van der Waals surface area contributed by atoms with Crippen molar-refractivity contribution in [2.75, 3.05) is 6.61 Å². The fraction of sp³-hybridized carbons (Fsp3) is 0.421. The first-order chi connectivity index (χ1) is 12.8. The monoisotopic (exact) mass is 408 g/mol. The first-order valence-corrected chi connectivity index (χ1v) is 9.88. The van der Waals surface area contributed by atoms with Crippen LogP contribution in [-0.4, -0.2) is 28.8 Å². The molecule has 8 heteroatoms. The van der Waals surface area contributed by atoms with Gasteiger partial charge in [-0.15, -0.1) is 11.3 Å². The second kappa shape index (κ2) is 6.56. The molecule has 1 heterocycles. The minimum atomic E-state index is -0.587. The molecule has 27 heavy (non-hydrogen) atoms. The van der Waals surface area contributed by atoms with Crippen LogP contribution >= 0.6 is 22.9 Å². The summed E-state index contributed by atoms with van der Waals surface area (Å²) in [5.74, 6) is -0.497. The number of nitrogens with one attached hydrogen (secondary N) is 1. The number of carbonyl (C=O) groups is 2. The standard InChI is InChI=1S/C19H18ClFN2O3S/c1-11-17(22-10-27-11)15(24)5-18-7-19(8-18,9-18)23-16(25)6-26-12-2-3-13(20)14(21)4-12/h2-4,10H,5-9H2,1H3,(H,23,25). The van der Waals surface area contributed by atoms with Crippen molar-refractivity contribution in [3.8, 4) is 5.75 Å². The Morgan fingerprint density at radius 2 is 2.11 bits per heavy atom. The second-order valence-electron chi connectivity index (χ2n) is 7.58. The maximum Gasteiger partial charge on any atom is 0.258 e. The number of ether oxygens (including phenoxy) is 1. The van der Waals surface area contributed by atoms with E-state index in [2.05, 4.69) is 10.3 Å². The molecule has 1 N–H and O–H groups in total. The van der Waals surface area contributed by atoms with Crippen LogP contribution in [-0.2, 0) is 4.79 Å². The molecule has 2 aromatic rings. The Morgan fingerprint density at radius 3 is 2.74 bits per heavy atom. The van der Waals surface area contributed by atoms with Crippen molar-refractivity contribution in [2.24, 2.45) is 5.41 Å². The molecule has 1 aromatic carbocycles. The second-order valence-corrected chi connectivity index (χ2v) is 9.05. The van der Waals surface area contributed by atoms with Crippen molar-refractivity contribution in [3.63, 3.8) is 0 Å². The molecule has 0 unspecified atom stereocenters. The average molecular weight is 409 g/mol. The fourth-order valence-corrected chi connectivity index (χ4v) is 5.08. The third kappa shape index (κ3) is 3.46. The van der Waals surface area contributed by atoms with Gasteiger partial charge >= 0.3 is 0 Å². The molecule has 3 aliphatic rings. The Balaban J connectivity index is 1.24. The van der Waals surface area contributed by atoms with Crippen LogP contribution < -0.4 is 10.1 Å². The third-order valence-corrected chi connectivity index (χ3v) is 6.41. The van der Waals surface area contributed by atoms with Gasteiger partial charge in [-0.2, -0.15) is 0 Å². The van der Waals surface area contributed by atoms with Crippen LogP contribution in [0.1, 0.15) is 41.0 Å². The Labute approximate surface area is 164 Å². The van der Waals surface area contributed by atoms with E-state index in [1.807, 2.05) is 6.92 Å². The summed E-state index contributed by atoms with van der Waals surface area (Å²) < 4.78 is 18.7. The Morgan fingerprint density at radius 1 is 1.37 bits per heavy atom. The number of nitrogens with zero attached hydrogens (tertiary/aromatic N) is 1. The van der Waals surface area contributed by atoms with Gasteiger partial charge < -0.3 is 10.1 Å². The molecule has 0 spiro atoms. The Hall–Kier alpha value is -1.99. The summed E-state index contributed by atoms with van der Waals surface area (Å²) >= 11 is 7.09. The molecule has 3 saturated carbocycles. The average Bonchev–Trinajstić information content (AvgIpc) is 2.99. The minimum absolute atomic E-state index is 0.000580. The van der Waals surface area contributed by atoms with E-state index in [9.17, 15) is 14.0 Å². The van der Waals surface area contributed by atoms with E-state index in [4.69, 9.17) is 16.3 Å². The maximum absolute atomic E-state index is 13.4. The highest BCUT2D eigenvalue weighted by molar-refractivity contribution is 7.09. The first kappa shape index (κ1) is 18.4. The molecule has 1 aromatic heterocycles. The number of amides is 1. The van der Waals surface area contributed by atoms with E-state index in [1.54, 1.807) is 5.51 Å². The number of halogens is 2. The smallest absolute Gasteiger partial charge is 0.258 e. The fourth-order valence-electron chi connectivity index (χ4n) is 4.36. The predicted molar refractivity (Wildman–Crippen MR) is 99.9 cm³/mol. The van der Waals surface area contributed by atoms with Crippen molar-refractivity contribution in [1.82, 2.24) is 10.3 Å². The Bertz CT molecular complexity index is 910. The van der Waals surface area contributed by atoms with E-state index < -0.39 is 5.82 Å². The van der Waals surface area contributed by atoms with Crippen LogP contribution in [0.5, 0.6) is 5.75 Å². The van der Waals surface area contributed by atoms with Crippen molar-refractivity contribution < 1.29 is 18.7 Å². The van der Waals surface area contributed by atoms with Crippen LogP contribution in [0, 0.1) is 18.2 Å². The highest BCUT2D eigenvalue weighted by atomic mass is 35.5. The zero-order chi connectivity index (χ0) is 19.2. The molecular formula is C19H18ClFN2O3S. The molecule has 2 bridgehead atoms. The van der Waals surface area contributed by atoms with Crippen molar-refractivity contribution in [3.05, 3.63) is 45.1 Å². The number of benzene rings is 1. The van der Waals surface area contributed by atoms with Crippen LogP contribution in [0.3, 0.4) is 0 Å². The zero-order valence-electron chi connectivity index (χ0n) is 14.7. The molecule has 0 aliphatic heterocycles. The van der Waals surface area contributed by atoms with Gasteiger partial charge in [-0.05, 0) is 43.7 Å². The highest BCUT2D eigenvalue weighted by Gasteiger charge is 2.68. The van der Waals surface area contributed by atoms with Crippen molar-refractivity contribution >= 4 is 34.6 Å². The number of ketones is 1. The number of carbonyl (C=O) groups excluding carboxylic acids is 2. The lowest BCUT2D eigenvalue weighted by Crippen LogP contribution is -2.75. The molecule has 3 fully saturated rings. The lowest BCUT2D eigenvalue weighted by molar-refractivity contribution is -0.164. The van der Waals surface area contributed by atoms with E-state index in [0.717, 1.165) is 30.2 Å². The molecule has 0 saturated heterocycles. The van der Waals surface area contributed by atoms with Crippen LogP contribution in [0.2, 0.25) is 5.02 Å². The van der Waals surface area contributed by atoms with Gasteiger partial charge in [0.15, 0.2) is 12.4 Å². The zero-order valence-corrected chi connectivity index (χ0v) is 16.3. The molecule has 5 nitrogen and oxygen atoms in total. The number of rotatable bonds is 7. The normalized spacial score (nSPS) is 25.3. The SMILES string of the molecule is Cc1scnc1C(=O)CC12CC(NC(=O)COc3ccc(Cl)c(F)c3)(C1)C2. The van der Waals surface area contributed by atoms with Gasteiger partial charge in [-0.25, -0.2) is 9.37 Å². The Kier molecular flexibility index (Phi) is 4.47. The third-order valence-electron chi connectivity index (χ3n) is 5.35. The number of aryl methyl sites for hydroxylation is 1. The number of aromatic nitrogens is 1. The maximum atomic E-state index is 13.4. The van der Waals surface area contributed by atoms with Gasteiger partial charge in [-0.1, -0.05) is 11.6 Å². The van der Waals surface area contributed by atoms with Crippen LogP contribution in [0.15, 0.2) is 23.7 Å².